The molecule has 0 unspecified atom stereocenters. The molecule has 18 heteroatoms. The molecule has 0 aliphatic carbocycles. The normalized spacial score (nSPS) is 12.1. The summed E-state index contributed by atoms with van der Waals surface area (Å²) in [6, 6.07) is 7.04. The molecule has 0 spiro atoms. The van der Waals surface area contributed by atoms with Crippen molar-refractivity contribution < 1.29 is 93.5 Å². The average Bonchev–Trinajstić information content (AvgIpc) is 2.71. The molecular formula is C20H24N4Na2O8S4. The van der Waals surface area contributed by atoms with Gasteiger partial charge in [0.1, 0.15) is 20.2 Å². The maximum atomic E-state index is 12.0. The van der Waals surface area contributed by atoms with Gasteiger partial charge in [-0.25, -0.2) is 16.8 Å². The van der Waals surface area contributed by atoms with Crippen molar-refractivity contribution in [3.05, 3.63) is 47.5 Å². The molecule has 0 saturated carbocycles. The number of hydrogen-bond acceptors (Lipinski definition) is 9. The first-order valence-corrected chi connectivity index (χ1v) is 14.7. The number of benzene rings is 2. The van der Waals surface area contributed by atoms with Crippen molar-refractivity contribution in [2.45, 2.75) is 29.7 Å². The van der Waals surface area contributed by atoms with Crippen LogP contribution in [0.5, 0.6) is 0 Å². The molecular weight excluding hydrogens is 598 g/mol. The zero-order valence-electron chi connectivity index (χ0n) is 21.5. The summed E-state index contributed by atoms with van der Waals surface area (Å²) in [7, 11) is -11.5. The van der Waals surface area contributed by atoms with Gasteiger partial charge in [0.15, 0.2) is 5.11 Å². The van der Waals surface area contributed by atoms with E-state index in [1.54, 1.807) is 0 Å². The fourth-order valence-electron chi connectivity index (χ4n) is 2.77. The third kappa shape index (κ3) is 11.1. The summed E-state index contributed by atoms with van der Waals surface area (Å²) in [4.78, 5) is -1.37. The summed E-state index contributed by atoms with van der Waals surface area (Å²) in [6.45, 7) is 3.69. The van der Waals surface area contributed by atoms with Gasteiger partial charge >= 0.3 is 69.3 Å². The van der Waals surface area contributed by atoms with Gasteiger partial charge in [0.2, 0.25) is 0 Å². The van der Waals surface area contributed by atoms with Gasteiger partial charge in [-0.15, -0.1) is 0 Å². The van der Waals surface area contributed by atoms with E-state index >= 15 is 0 Å². The minimum atomic E-state index is -5.07. The first-order valence-electron chi connectivity index (χ1n) is 10.1. The molecule has 0 aromatic heterocycles. The molecule has 0 aliphatic rings. The summed E-state index contributed by atoms with van der Waals surface area (Å²) in [5.74, 6) is 0. The van der Waals surface area contributed by atoms with Crippen LogP contribution < -0.4 is 74.5 Å². The Morgan fingerprint density at radius 2 is 1.26 bits per heavy atom. The third-order valence-electron chi connectivity index (χ3n) is 4.41. The number of thiocarbonyl (C=S) groups is 1. The van der Waals surface area contributed by atoms with Crippen molar-refractivity contribution in [3.63, 3.8) is 0 Å². The van der Waals surface area contributed by atoms with E-state index in [0.29, 0.717) is 0 Å². The fraction of sp³-hybridized carbons (Fsp3) is 0.250. The number of anilines is 2. The topological polar surface area (TPSA) is 188 Å². The second kappa shape index (κ2) is 14.9. The molecule has 198 valence electrons. The molecule has 0 heterocycles. The summed E-state index contributed by atoms with van der Waals surface area (Å²) < 4.78 is 98.0. The SMILES string of the molecule is CC(C)NC(=S)Nc1ccc(C=Cc2ccc(NS(=O)(=O)N(C)C)cc2S(=O)(=O)[O-])c(S(=O)(=O)[O-])c1.[Na+].[Na+]. The van der Waals surface area contributed by atoms with E-state index in [-0.39, 0.29) is 92.8 Å². The quantitative estimate of drug-likeness (QED) is 0.106. The second-order valence-electron chi connectivity index (χ2n) is 7.89. The van der Waals surface area contributed by atoms with Crippen LogP contribution in [0.25, 0.3) is 12.2 Å². The van der Waals surface area contributed by atoms with Crippen LogP contribution >= 0.6 is 12.2 Å². The first kappa shape index (κ1) is 37.4. The molecule has 2 aromatic rings. The minimum absolute atomic E-state index is 0. The number of nitrogens with zero attached hydrogens (tertiary/aromatic N) is 1. The molecule has 2 rings (SSSR count). The van der Waals surface area contributed by atoms with Crippen LogP contribution in [0.15, 0.2) is 46.2 Å². The Balaban J connectivity index is 0.00000684. The van der Waals surface area contributed by atoms with Crippen LogP contribution in [0.3, 0.4) is 0 Å². The Hall–Kier alpha value is -0.600. The predicted octanol–water partition coefficient (Wildman–Crippen LogP) is -4.41. The van der Waals surface area contributed by atoms with Crippen LogP contribution in [0, 0.1) is 0 Å². The van der Waals surface area contributed by atoms with Crippen molar-refractivity contribution >= 4 is 71.3 Å². The van der Waals surface area contributed by atoms with Crippen LogP contribution in [0.4, 0.5) is 11.4 Å². The average molecular weight is 623 g/mol. The molecule has 0 atom stereocenters. The Kier molecular flexibility index (Phi) is 14.6. The first-order chi connectivity index (χ1) is 16.4. The van der Waals surface area contributed by atoms with Crippen molar-refractivity contribution in [2.75, 3.05) is 24.1 Å². The molecule has 12 nitrogen and oxygen atoms in total. The summed E-state index contributed by atoms with van der Waals surface area (Å²) in [5.41, 5.74) is -0.193. The van der Waals surface area contributed by atoms with Crippen molar-refractivity contribution in [3.8, 4) is 0 Å². The van der Waals surface area contributed by atoms with Gasteiger partial charge in [0.05, 0.1) is 15.5 Å². The molecule has 38 heavy (non-hydrogen) atoms. The zero-order chi connectivity index (χ0) is 27.5. The van der Waals surface area contributed by atoms with Crippen LogP contribution in [0.1, 0.15) is 25.0 Å². The third-order valence-corrected chi connectivity index (χ3v) is 7.87. The van der Waals surface area contributed by atoms with Gasteiger partial charge in [0.25, 0.3) is 0 Å². The molecule has 0 amide bonds. The molecule has 0 fully saturated rings. The van der Waals surface area contributed by atoms with E-state index in [1.165, 1.54) is 32.3 Å². The molecule has 0 bridgehead atoms. The van der Waals surface area contributed by atoms with Crippen LogP contribution in [-0.4, -0.2) is 63.9 Å². The van der Waals surface area contributed by atoms with Crippen molar-refractivity contribution in [1.82, 2.24) is 9.62 Å². The number of rotatable bonds is 9. The molecule has 0 radical (unpaired) electrons. The van der Waals surface area contributed by atoms with E-state index in [9.17, 15) is 34.4 Å². The Bertz CT molecular complexity index is 1510. The van der Waals surface area contributed by atoms with Crippen LogP contribution in [-0.2, 0) is 30.4 Å². The van der Waals surface area contributed by atoms with Gasteiger partial charge in [-0.05, 0) is 61.5 Å². The summed E-state index contributed by atoms with van der Waals surface area (Å²) >= 11 is 5.11. The number of nitrogens with one attached hydrogen (secondary N) is 3. The Labute approximate surface area is 272 Å². The molecule has 2 aromatic carbocycles. The van der Waals surface area contributed by atoms with Crippen molar-refractivity contribution in [1.29, 1.82) is 0 Å². The van der Waals surface area contributed by atoms with Gasteiger partial charge in [-0.3, -0.25) is 4.72 Å². The van der Waals surface area contributed by atoms with E-state index in [1.807, 2.05) is 13.8 Å². The molecule has 3 N–H and O–H groups in total. The van der Waals surface area contributed by atoms with Gasteiger partial charge < -0.3 is 19.7 Å². The zero-order valence-corrected chi connectivity index (χ0v) is 28.8. The summed E-state index contributed by atoms with van der Waals surface area (Å²) in [6.07, 6.45) is 2.27. The fourth-order valence-corrected chi connectivity index (χ4v) is 5.12. The van der Waals surface area contributed by atoms with E-state index in [2.05, 4.69) is 15.4 Å². The monoisotopic (exact) mass is 622 g/mol. The second-order valence-corrected chi connectivity index (χ2v) is 12.9. The smallest absolute Gasteiger partial charge is 0.744 e. The maximum Gasteiger partial charge on any atom is 1.00 e. The van der Waals surface area contributed by atoms with E-state index in [0.717, 1.165) is 34.7 Å². The van der Waals surface area contributed by atoms with E-state index < -0.39 is 40.2 Å². The van der Waals surface area contributed by atoms with Gasteiger partial charge in [0, 0.05) is 25.8 Å². The predicted molar refractivity (Wildman–Crippen MR) is 138 cm³/mol. The van der Waals surface area contributed by atoms with Crippen LogP contribution in [0.2, 0.25) is 0 Å². The maximum absolute atomic E-state index is 12.0. The Morgan fingerprint density at radius 1 is 0.842 bits per heavy atom. The summed E-state index contributed by atoms with van der Waals surface area (Å²) in [5, 5.41) is 5.87. The standard InChI is InChI=1S/C20H26N4O8S4.2Na/c1-13(2)21-20(33)22-16-9-7-14(18(11-16)34(25,26)27)5-6-15-8-10-17(12-19(15)35(28,29)30)23-36(31,32)24(3)4;;/h5-13,23H,1-4H3,(H2,21,22,33)(H,25,26,27)(H,28,29,30);;/q;2*+1/p-2. The van der Waals surface area contributed by atoms with E-state index in [4.69, 9.17) is 12.2 Å². The van der Waals surface area contributed by atoms with Crippen molar-refractivity contribution in [2.24, 2.45) is 0 Å². The Morgan fingerprint density at radius 3 is 1.66 bits per heavy atom. The molecule has 0 saturated heterocycles. The molecule has 0 aliphatic heterocycles. The minimum Gasteiger partial charge on any atom is -0.744 e. The largest absolute Gasteiger partial charge is 1.00 e. The van der Waals surface area contributed by atoms with Gasteiger partial charge in [-0.1, -0.05) is 24.3 Å². The number of hydrogen-bond donors (Lipinski definition) is 3. The van der Waals surface area contributed by atoms with Gasteiger partial charge in [-0.2, -0.15) is 12.7 Å².